The van der Waals surface area contributed by atoms with Crippen LogP contribution >= 0.6 is 11.3 Å². The van der Waals surface area contributed by atoms with Crippen LogP contribution in [0.25, 0.3) is 11.1 Å². The number of sulfonamides is 1. The lowest BCUT2D eigenvalue weighted by Crippen LogP contribution is -2.31. The van der Waals surface area contributed by atoms with Gasteiger partial charge in [0.15, 0.2) is 0 Å². The highest BCUT2D eigenvalue weighted by Gasteiger charge is 2.29. The highest BCUT2D eigenvalue weighted by Crippen LogP contribution is 2.39. The fourth-order valence-electron chi connectivity index (χ4n) is 4.23. The quantitative estimate of drug-likeness (QED) is 0.387. The Hall–Kier alpha value is -2.79. The minimum absolute atomic E-state index is 0.0244. The van der Waals surface area contributed by atoms with E-state index in [1.165, 1.54) is 6.07 Å². The van der Waals surface area contributed by atoms with Crippen LogP contribution in [-0.2, 0) is 27.6 Å². The number of hydrogen-bond donors (Lipinski definition) is 1. The molecule has 2 aromatic heterocycles. The predicted molar refractivity (Wildman–Crippen MR) is 129 cm³/mol. The van der Waals surface area contributed by atoms with Gasteiger partial charge in [-0.1, -0.05) is 26.0 Å². The van der Waals surface area contributed by atoms with Gasteiger partial charge in [-0.15, -0.1) is 11.3 Å². The van der Waals surface area contributed by atoms with Crippen molar-refractivity contribution in [1.82, 2.24) is 14.3 Å². The van der Waals surface area contributed by atoms with Gasteiger partial charge in [0, 0.05) is 41.2 Å². The second-order valence-electron chi connectivity index (χ2n) is 8.84. The van der Waals surface area contributed by atoms with E-state index in [9.17, 15) is 17.6 Å². The number of halogens is 2. The summed E-state index contributed by atoms with van der Waals surface area (Å²) in [6.07, 6.45) is 4.45. The largest absolute Gasteiger partial charge is 0.449 e. The number of imidazole rings is 1. The number of aromatic nitrogens is 2. The standard InChI is InChI=1S/C24H27F2N3O4S2/c1-15(2)12-17-14-19(23(34-17)35(31,32)28-24(30)33-11-3-8-25)16-4-5-18(20(26)13-16)21-6-7-22-27-9-10-29(21)22/h4-5,9-10,13-15,21H,3,6-8,11-12H2,1-2H3,(H,28,30)/t21-/m0/s1. The molecule has 0 aliphatic carbocycles. The van der Waals surface area contributed by atoms with Gasteiger partial charge in [0.1, 0.15) is 15.9 Å². The number of rotatable bonds is 9. The van der Waals surface area contributed by atoms with Gasteiger partial charge in [-0.05, 0) is 36.5 Å². The number of ether oxygens (including phenoxy) is 1. The van der Waals surface area contributed by atoms with E-state index in [0.29, 0.717) is 23.1 Å². The number of hydrogen-bond acceptors (Lipinski definition) is 6. The van der Waals surface area contributed by atoms with Gasteiger partial charge in [0.25, 0.3) is 10.0 Å². The third-order valence-electron chi connectivity index (χ3n) is 5.73. The average Bonchev–Trinajstić information content (AvgIpc) is 3.49. The molecule has 0 unspecified atom stereocenters. The monoisotopic (exact) mass is 523 g/mol. The SMILES string of the molecule is CC(C)Cc1cc(-c2ccc([C@@H]3CCc4nccn43)c(F)c2)c(S(=O)(=O)NC(=O)OCCCF)s1. The second kappa shape index (κ2) is 10.4. The van der Waals surface area contributed by atoms with Crippen LogP contribution in [0.1, 0.15) is 49.0 Å². The molecule has 11 heteroatoms. The van der Waals surface area contributed by atoms with Crippen molar-refractivity contribution in [2.75, 3.05) is 13.3 Å². The van der Waals surface area contributed by atoms with E-state index in [1.807, 2.05) is 29.3 Å². The Kier molecular flexibility index (Phi) is 7.56. The second-order valence-corrected chi connectivity index (χ2v) is 11.9. The predicted octanol–water partition coefficient (Wildman–Crippen LogP) is 5.26. The van der Waals surface area contributed by atoms with Gasteiger partial charge >= 0.3 is 6.09 Å². The van der Waals surface area contributed by atoms with Gasteiger partial charge in [0.2, 0.25) is 0 Å². The number of thiophene rings is 1. The fraction of sp³-hybridized carbons (Fsp3) is 0.417. The molecule has 1 aliphatic rings. The summed E-state index contributed by atoms with van der Waals surface area (Å²) in [4.78, 5) is 17.1. The summed E-state index contributed by atoms with van der Waals surface area (Å²) in [6.45, 7) is 3.10. The first-order valence-electron chi connectivity index (χ1n) is 11.4. The molecule has 0 bridgehead atoms. The summed E-state index contributed by atoms with van der Waals surface area (Å²) in [6, 6.07) is 6.28. The number of fused-ring (bicyclic) bond motifs is 1. The average molecular weight is 524 g/mol. The van der Waals surface area contributed by atoms with E-state index >= 15 is 4.39 Å². The van der Waals surface area contributed by atoms with Crippen molar-refractivity contribution in [3.05, 3.63) is 58.7 Å². The number of amides is 1. The molecule has 3 aromatic rings. The molecule has 1 amide bonds. The number of carbonyl (C=O) groups excluding carboxylic acids is 1. The van der Waals surface area contributed by atoms with E-state index in [4.69, 9.17) is 4.74 Å². The molecule has 1 N–H and O–H groups in total. The van der Waals surface area contributed by atoms with Crippen LogP contribution in [0.2, 0.25) is 0 Å². The van der Waals surface area contributed by atoms with Crippen LogP contribution in [0.15, 0.2) is 40.9 Å². The van der Waals surface area contributed by atoms with Crippen molar-refractivity contribution >= 4 is 27.5 Å². The highest BCUT2D eigenvalue weighted by atomic mass is 32.2. The first kappa shape index (κ1) is 25.3. The Labute approximate surface area is 207 Å². The molecule has 7 nitrogen and oxygen atoms in total. The van der Waals surface area contributed by atoms with E-state index in [-0.39, 0.29) is 29.2 Å². The molecule has 0 spiro atoms. The number of carbonyl (C=O) groups is 1. The van der Waals surface area contributed by atoms with Gasteiger partial charge in [-0.25, -0.2) is 27.3 Å². The number of aryl methyl sites for hydroxylation is 1. The molecule has 4 rings (SSSR count). The minimum Gasteiger partial charge on any atom is -0.449 e. The first-order chi connectivity index (χ1) is 16.7. The van der Waals surface area contributed by atoms with Crippen molar-refractivity contribution in [2.24, 2.45) is 5.92 Å². The maximum Gasteiger partial charge on any atom is 0.421 e. The molecule has 1 aliphatic heterocycles. The van der Waals surface area contributed by atoms with Crippen molar-refractivity contribution in [1.29, 1.82) is 0 Å². The van der Waals surface area contributed by atoms with E-state index < -0.39 is 28.6 Å². The molecule has 0 saturated carbocycles. The fourth-order valence-corrected chi connectivity index (χ4v) is 7.07. The molecule has 0 saturated heterocycles. The van der Waals surface area contributed by atoms with Crippen molar-refractivity contribution in [3.8, 4) is 11.1 Å². The highest BCUT2D eigenvalue weighted by molar-refractivity contribution is 7.92. The minimum atomic E-state index is -4.30. The smallest absolute Gasteiger partial charge is 0.421 e. The van der Waals surface area contributed by atoms with Crippen LogP contribution < -0.4 is 4.72 Å². The maximum absolute atomic E-state index is 15.3. The lowest BCUT2D eigenvalue weighted by molar-refractivity contribution is 0.148. The molecule has 3 heterocycles. The number of benzene rings is 1. The van der Waals surface area contributed by atoms with Crippen molar-refractivity contribution in [2.45, 2.75) is 49.8 Å². The Morgan fingerprint density at radius 3 is 2.86 bits per heavy atom. The van der Waals surface area contributed by atoms with E-state index in [2.05, 4.69) is 4.98 Å². The number of nitrogens with one attached hydrogen (secondary N) is 1. The van der Waals surface area contributed by atoms with Crippen LogP contribution in [0, 0.1) is 11.7 Å². The molecule has 1 atom stereocenters. The van der Waals surface area contributed by atoms with Crippen molar-refractivity contribution in [3.63, 3.8) is 0 Å². The Balaban J connectivity index is 1.67. The molecule has 35 heavy (non-hydrogen) atoms. The zero-order chi connectivity index (χ0) is 25.2. The molecular weight excluding hydrogens is 496 g/mol. The maximum atomic E-state index is 15.3. The van der Waals surface area contributed by atoms with Crippen molar-refractivity contribution < 1.29 is 26.7 Å². The normalized spacial score (nSPS) is 15.4. The van der Waals surface area contributed by atoms with Gasteiger partial charge in [-0.2, -0.15) is 0 Å². The summed E-state index contributed by atoms with van der Waals surface area (Å²) in [5.41, 5.74) is 1.23. The lowest BCUT2D eigenvalue weighted by atomic mass is 9.99. The zero-order valence-electron chi connectivity index (χ0n) is 19.5. The summed E-state index contributed by atoms with van der Waals surface area (Å²) < 4.78 is 62.2. The topological polar surface area (TPSA) is 90.3 Å². The lowest BCUT2D eigenvalue weighted by Gasteiger charge is -2.15. The first-order valence-corrected chi connectivity index (χ1v) is 13.7. The Bertz CT molecular complexity index is 1320. The number of alkyl halides is 1. The van der Waals surface area contributed by atoms with E-state index in [0.717, 1.165) is 34.9 Å². The number of nitrogens with zero attached hydrogens (tertiary/aromatic N) is 2. The summed E-state index contributed by atoms with van der Waals surface area (Å²) in [5, 5.41) is 0. The van der Waals surface area contributed by atoms with Crippen LogP contribution in [0.5, 0.6) is 0 Å². The Morgan fingerprint density at radius 2 is 2.14 bits per heavy atom. The summed E-state index contributed by atoms with van der Waals surface area (Å²) >= 11 is 1.03. The molecule has 0 radical (unpaired) electrons. The van der Waals surface area contributed by atoms with Gasteiger partial charge in [-0.3, -0.25) is 4.39 Å². The molecule has 0 fully saturated rings. The van der Waals surface area contributed by atoms with Crippen LogP contribution in [0.3, 0.4) is 0 Å². The van der Waals surface area contributed by atoms with E-state index in [1.54, 1.807) is 24.4 Å². The van der Waals surface area contributed by atoms with Crippen LogP contribution in [0.4, 0.5) is 13.6 Å². The zero-order valence-corrected chi connectivity index (χ0v) is 21.1. The Morgan fingerprint density at radius 1 is 1.34 bits per heavy atom. The van der Waals surface area contributed by atoms with Crippen LogP contribution in [-0.4, -0.2) is 37.3 Å². The third-order valence-corrected chi connectivity index (χ3v) is 8.73. The summed E-state index contributed by atoms with van der Waals surface area (Å²) in [5.74, 6) is 0.738. The third kappa shape index (κ3) is 5.56. The molecule has 188 valence electrons. The molecular formula is C24H27F2N3O4S2. The van der Waals surface area contributed by atoms with Gasteiger partial charge < -0.3 is 9.30 Å². The summed E-state index contributed by atoms with van der Waals surface area (Å²) in [7, 11) is -4.30. The van der Waals surface area contributed by atoms with Gasteiger partial charge in [0.05, 0.1) is 19.3 Å². The molecule has 1 aromatic carbocycles.